The summed E-state index contributed by atoms with van der Waals surface area (Å²) in [5.74, 6) is -0.0121. The van der Waals surface area contributed by atoms with Crippen LogP contribution in [0.2, 0.25) is 0 Å². The second kappa shape index (κ2) is 6.96. The van der Waals surface area contributed by atoms with Gasteiger partial charge in [0.1, 0.15) is 0 Å². The highest BCUT2D eigenvalue weighted by atomic mass is 79.9. The summed E-state index contributed by atoms with van der Waals surface area (Å²) in [5.41, 5.74) is 0.456. The van der Waals surface area contributed by atoms with Crippen molar-refractivity contribution in [3.8, 4) is 0 Å². The molecule has 0 bridgehead atoms. The molecule has 1 rings (SSSR count). The average Bonchev–Trinajstić information content (AvgIpc) is 2.82. The fourth-order valence-corrected chi connectivity index (χ4v) is 2.49. The Morgan fingerprint density at radius 2 is 2.25 bits per heavy atom. The summed E-state index contributed by atoms with van der Waals surface area (Å²) in [6, 6.07) is 0.284. The Labute approximate surface area is 108 Å². The molecule has 1 aromatic heterocycles. The molecule has 0 aromatic carbocycles. The zero-order chi connectivity index (χ0) is 12.0. The summed E-state index contributed by atoms with van der Waals surface area (Å²) < 4.78 is 3.73. The number of alkyl halides is 1. The number of hydrogen-bond donors (Lipinski definition) is 0. The molecule has 90 valence electrons. The molecule has 6 heteroatoms. The van der Waals surface area contributed by atoms with E-state index < -0.39 is 0 Å². The Balaban J connectivity index is 2.80. The molecule has 0 N–H and O–H groups in total. The Hall–Kier alpha value is -0.490. The van der Waals surface area contributed by atoms with Crippen LogP contribution in [0.4, 0.5) is 0 Å². The van der Waals surface area contributed by atoms with Crippen molar-refractivity contribution < 1.29 is 4.79 Å². The maximum Gasteiger partial charge on any atom is 0.275 e. The lowest BCUT2D eigenvalue weighted by Gasteiger charge is -2.29. The van der Waals surface area contributed by atoms with Gasteiger partial charge in [0, 0.05) is 23.3 Å². The van der Waals surface area contributed by atoms with Crippen molar-refractivity contribution in [2.24, 2.45) is 0 Å². The molecule has 1 heterocycles. The van der Waals surface area contributed by atoms with E-state index in [1.54, 1.807) is 5.38 Å². The van der Waals surface area contributed by atoms with Gasteiger partial charge in [0.2, 0.25) is 0 Å². The van der Waals surface area contributed by atoms with E-state index in [0.29, 0.717) is 12.2 Å². The van der Waals surface area contributed by atoms with E-state index >= 15 is 0 Å². The molecular formula is C10H16BrN3OS. The molecule has 4 nitrogen and oxygen atoms in total. The molecule has 0 radical (unpaired) electrons. The highest BCUT2D eigenvalue weighted by Crippen LogP contribution is 2.13. The summed E-state index contributed by atoms with van der Waals surface area (Å²) in [6.07, 6.45) is 1.93. The highest BCUT2D eigenvalue weighted by Gasteiger charge is 2.23. The van der Waals surface area contributed by atoms with Gasteiger partial charge >= 0.3 is 0 Å². The van der Waals surface area contributed by atoms with Gasteiger partial charge in [-0.15, -0.1) is 5.10 Å². The Morgan fingerprint density at radius 3 is 2.69 bits per heavy atom. The predicted octanol–water partition coefficient (Wildman–Crippen LogP) is 2.56. The molecule has 0 unspecified atom stereocenters. The van der Waals surface area contributed by atoms with Crippen LogP contribution in [-0.4, -0.2) is 38.3 Å². The van der Waals surface area contributed by atoms with E-state index in [1.165, 1.54) is 11.5 Å². The van der Waals surface area contributed by atoms with Crippen molar-refractivity contribution in [1.29, 1.82) is 0 Å². The third kappa shape index (κ3) is 3.25. The van der Waals surface area contributed by atoms with E-state index in [2.05, 4.69) is 39.4 Å². The van der Waals surface area contributed by atoms with Gasteiger partial charge < -0.3 is 4.90 Å². The number of nitrogens with zero attached hydrogens (tertiary/aromatic N) is 3. The maximum absolute atomic E-state index is 12.2. The molecule has 16 heavy (non-hydrogen) atoms. The molecule has 0 saturated heterocycles. The number of halogens is 1. The first-order valence-electron chi connectivity index (χ1n) is 5.38. The number of rotatable bonds is 6. The molecule has 0 aliphatic rings. The number of amides is 1. The topological polar surface area (TPSA) is 46.1 Å². The van der Waals surface area contributed by atoms with Crippen LogP contribution >= 0.6 is 27.5 Å². The van der Waals surface area contributed by atoms with Crippen LogP contribution in [0.3, 0.4) is 0 Å². The fraction of sp³-hybridized carbons (Fsp3) is 0.700. The highest BCUT2D eigenvalue weighted by molar-refractivity contribution is 9.09. The molecular weight excluding hydrogens is 290 g/mol. The third-order valence-corrected chi connectivity index (χ3v) is 3.41. The van der Waals surface area contributed by atoms with E-state index in [1.807, 2.05) is 4.90 Å². The van der Waals surface area contributed by atoms with Crippen LogP contribution in [0.1, 0.15) is 37.2 Å². The van der Waals surface area contributed by atoms with Gasteiger partial charge in [0.25, 0.3) is 5.91 Å². The first-order chi connectivity index (χ1) is 7.74. The summed E-state index contributed by atoms with van der Waals surface area (Å²) in [4.78, 5) is 14.0. The van der Waals surface area contributed by atoms with E-state index in [-0.39, 0.29) is 11.9 Å². The summed E-state index contributed by atoms with van der Waals surface area (Å²) in [7, 11) is 0. The number of hydrogen-bond acceptors (Lipinski definition) is 4. The van der Waals surface area contributed by atoms with E-state index in [9.17, 15) is 4.79 Å². The normalized spacial score (nSPS) is 10.8. The zero-order valence-corrected chi connectivity index (χ0v) is 11.9. The third-order valence-electron chi connectivity index (χ3n) is 2.55. The summed E-state index contributed by atoms with van der Waals surface area (Å²) >= 11 is 4.59. The van der Waals surface area contributed by atoms with Gasteiger partial charge in [0.15, 0.2) is 5.69 Å². The zero-order valence-electron chi connectivity index (χ0n) is 9.52. The smallest absolute Gasteiger partial charge is 0.275 e. The molecule has 0 atom stereocenters. The number of aromatic nitrogens is 2. The minimum absolute atomic E-state index is 0.0121. The molecule has 1 amide bonds. The average molecular weight is 306 g/mol. The van der Waals surface area contributed by atoms with Gasteiger partial charge in [-0.05, 0) is 24.4 Å². The Kier molecular flexibility index (Phi) is 5.90. The summed E-state index contributed by atoms with van der Waals surface area (Å²) in [6.45, 7) is 4.91. The van der Waals surface area contributed by atoms with Crippen molar-refractivity contribution >= 4 is 33.4 Å². The van der Waals surface area contributed by atoms with E-state index in [0.717, 1.165) is 18.2 Å². The molecule has 1 aromatic rings. The minimum atomic E-state index is -0.0121. The van der Waals surface area contributed by atoms with Crippen LogP contribution in [-0.2, 0) is 0 Å². The van der Waals surface area contributed by atoms with E-state index in [4.69, 9.17) is 0 Å². The van der Waals surface area contributed by atoms with Crippen LogP contribution in [0.25, 0.3) is 0 Å². The van der Waals surface area contributed by atoms with Crippen molar-refractivity contribution in [3.05, 3.63) is 11.1 Å². The van der Waals surface area contributed by atoms with Gasteiger partial charge in [0.05, 0.1) is 0 Å². The second-order valence-corrected chi connectivity index (χ2v) is 4.85. The van der Waals surface area contributed by atoms with Crippen LogP contribution < -0.4 is 0 Å². The molecule has 0 spiro atoms. The SMILES string of the molecule is CCC(CC)N(CCBr)C(=O)c1csnn1. The van der Waals surface area contributed by atoms with Crippen LogP contribution in [0.15, 0.2) is 5.38 Å². The van der Waals surface area contributed by atoms with Crippen molar-refractivity contribution in [2.75, 3.05) is 11.9 Å². The van der Waals surface area contributed by atoms with Crippen LogP contribution in [0.5, 0.6) is 0 Å². The standard InChI is InChI=1S/C10H16BrN3OS/c1-3-8(4-2)14(6-5-11)10(15)9-7-16-13-12-9/h7-8H,3-6H2,1-2H3. The quantitative estimate of drug-likeness (QED) is 0.759. The van der Waals surface area contributed by atoms with Crippen molar-refractivity contribution in [3.63, 3.8) is 0 Å². The lowest BCUT2D eigenvalue weighted by atomic mass is 10.1. The van der Waals surface area contributed by atoms with Crippen LogP contribution in [0, 0.1) is 0 Å². The minimum Gasteiger partial charge on any atom is -0.333 e. The molecule has 0 aliphatic carbocycles. The largest absolute Gasteiger partial charge is 0.333 e. The predicted molar refractivity (Wildman–Crippen MR) is 69.1 cm³/mol. The number of carbonyl (C=O) groups is 1. The van der Waals surface area contributed by atoms with Crippen molar-refractivity contribution in [1.82, 2.24) is 14.5 Å². The molecule has 0 fully saturated rings. The lowest BCUT2D eigenvalue weighted by molar-refractivity contribution is 0.0677. The van der Waals surface area contributed by atoms with Gasteiger partial charge in [-0.1, -0.05) is 34.3 Å². The van der Waals surface area contributed by atoms with Crippen molar-refractivity contribution in [2.45, 2.75) is 32.7 Å². The number of carbonyl (C=O) groups excluding carboxylic acids is 1. The first-order valence-corrected chi connectivity index (χ1v) is 7.34. The Bertz CT molecular complexity index is 314. The van der Waals surface area contributed by atoms with Gasteiger partial charge in [-0.2, -0.15) is 0 Å². The fourth-order valence-electron chi connectivity index (χ4n) is 1.68. The summed E-state index contributed by atoms with van der Waals surface area (Å²) in [5, 5.41) is 6.32. The second-order valence-electron chi connectivity index (χ2n) is 3.45. The Morgan fingerprint density at radius 1 is 1.56 bits per heavy atom. The van der Waals surface area contributed by atoms with Gasteiger partial charge in [-0.3, -0.25) is 4.79 Å². The lowest BCUT2D eigenvalue weighted by Crippen LogP contribution is -2.41. The molecule has 0 saturated carbocycles. The monoisotopic (exact) mass is 305 g/mol. The molecule has 0 aliphatic heterocycles. The van der Waals surface area contributed by atoms with Gasteiger partial charge in [-0.25, -0.2) is 0 Å². The first kappa shape index (κ1) is 13.6. The maximum atomic E-state index is 12.2.